The third-order valence-electron chi connectivity index (χ3n) is 5.25. The number of carbonyl (C=O) groups excluding carboxylic acids is 2. The first kappa shape index (κ1) is 19.5. The van der Waals surface area contributed by atoms with E-state index < -0.39 is 11.2 Å². The van der Waals surface area contributed by atoms with E-state index in [4.69, 9.17) is 0 Å². The molecule has 0 saturated carbocycles. The van der Waals surface area contributed by atoms with Gasteiger partial charge in [0.1, 0.15) is 5.25 Å². The number of halogens is 1. The van der Waals surface area contributed by atoms with Gasteiger partial charge in [0.15, 0.2) is 0 Å². The number of thioether (sulfide) groups is 1. The maximum atomic E-state index is 13.4. The molecule has 1 N–H and O–H groups in total. The number of carbonyl (C=O) groups is 2. The number of hydrogen-bond donors (Lipinski definition) is 1. The molecule has 8 heteroatoms. The zero-order valence-electron chi connectivity index (χ0n) is 15.4. The van der Waals surface area contributed by atoms with E-state index in [1.165, 1.54) is 16.7 Å². The number of allylic oxidation sites excluding steroid dienone is 1. The Bertz CT molecular complexity index is 1220. The fraction of sp³-hybridized carbons (Fsp3) is 0.136. The Balaban J connectivity index is 1.57. The molecule has 0 aliphatic carbocycles. The summed E-state index contributed by atoms with van der Waals surface area (Å²) in [4.78, 5) is 43.5. The second-order valence-electron chi connectivity index (χ2n) is 7.06. The van der Waals surface area contributed by atoms with Gasteiger partial charge >= 0.3 is 4.87 Å². The normalized spacial score (nSPS) is 23.1. The topological polar surface area (TPSA) is 70.2 Å². The maximum absolute atomic E-state index is 13.4. The van der Waals surface area contributed by atoms with Crippen LogP contribution in [-0.2, 0) is 9.59 Å². The zero-order valence-corrected chi connectivity index (χ0v) is 18.7. The molecule has 1 fully saturated rings. The van der Waals surface area contributed by atoms with Gasteiger partial charge in [0.25, 0.3) is 0 Å². The monoisotopic (exact) mass is 498 g/mol. The summed E-state index contributed by atoms with van der Waals surface area (Å²) in [5.41, 5.74) is 1.56. The number of benzene rings is 2. The number of H-pyrrole nitrogens is 1. The van der Waals surface area contributed by atoms with Crippen molar-refractivity contribution in [1.82, 2.24) is 4.98 Å². The number of thiazole rings is 1. The molecule has 3 heterocycles. The van der Waals surface area contributed by atoms with E-state index in [0.29, 0.717) is 10.7 Å². The van der Waals surface area contributed by atoms with Crippen LogP contribution in [0.3, 0.4) is 0 Å². The number of rotatable bonds is 3. The number of imide groups is 1. The quantitative estimate of drug-likeness (QED) is 0.533. The van der Waals surface area contributed by atoms with Gasteiger partial charge in [-0.2, -0.15) is 0 Å². The lowest BCUT2D eigenvalue weighted by molar-refractivity contribution is -0.122. The van der Waals surface area contributed by atoms with Crippen LogP contribution in [0.1, 0.15) is 16.4 Å². The molecule has 3 atom stereocenters. The Hall–Kier alpha value is -2.42. The second kappa shape index (κ2) is 7.68. The van der Waals surface area contributed by atoms with Crippen LogP contribution < -0.4 is 9.77 Å². The van der Waals surface area contributed by atoms with Crippen LogP contribution in [0.2, 0.25) is 0 Å². The van der Waals surface area contributed by atoms with E-state index in [-0.39, 0.29) is 22.6 Å². The minimum absolute atomic E-state index is 0.171. The van der Waals surface area contributed by atoms with Crippen LogP contribution in [0.15, 0.2) is 75.0 Å². The summed E-state index contributed by atoms with van der Waals surface area (Å²) >= 11 is 5.78. The summed E-state index contributed by atoms with van der Waals surface area (Å²) in [6, 6.07) is 16.9. The highest BCUT2D eigenvalue weighted by atomic mass is 79.9. The molecule has 2 aromatic carbocycles. The highest BCUT2D eigenvalue weighted by Gasteiger charge is 2.55. The summed E-state index contributed by atoms with van der Waals surface area (Å²) < 4.78 is 0.876. The zero-order chi connectivity index (χ0) is 20.8. The number of aromatic amines is 1. The van der Waals surface area contributed by atoms with Gasteiger partial charge in [0.05, 0.1) is 16.6 Å². The van der Waals surface area contributed by atoms with Gasteiger partial charge in [0.2, 0.25) is 11.8 Å². The molecule has 2 aliphatic heterocycles. The summed E-state index contributed by atoms with van der Waals surface area (Å²) in [6.45, 7) is 0. The highest BCUT2D eigenvalue weighted by Crippen LogP contribution is 2.51. The molecule has 0 unspecified atom stereocenters. The fourth-order valence-corrected chi connectivity index (χ4v) is 6.64. The van der Waals surface area contributed by atoms with Gasteiger partial charge in [-0.05, 0) is 29.8 Å². The second-order valence-corrected chi connectivity index (χ2v) is 10.1. The van der Waals surface area contributed by atoms with E-state index in [2.05, 4.69) is 20.9 Å². The predicted octanol–water partition coefficient (Wildman–Crippen LogP) is 4.66. The van der Waals surface area contributed by atoms with Crippen molar-refractivity contribution in [2.45, 2.75) is 16.2 Å². The SMILES string of the molecule is O=C1[C@H]2[C@@H](Sc3[nH]c(=O)sc3[C@@H]2/C=C\c2ccccc2)C(=O)N1c1ccc(Br)cc1. The Kier molecular flexibility index (Phi) is 5.00. The number of hydrogen-bond acceptors (Lipinski definition) is 5. The van der Waals surface area contributed by atoms with Gasteiger partial charge in [-0.15, -0.1) is 0 Å². The van der Waals surface area contributed by atoms with Crippen LogP contribution in [0.5, 0.6) is 0 Å². The average Bonchev–Trinajstić information content (AvgIpc) is 3.24. The number of anilines is 1. The molecule has 1 aromatic heterocycles. The van der Waals surface area contributed by atoms with Crippen molar-refractivity contribution in [3.05, 3.63) is 85.3 Å². The van der Waals surface area contributed by atoms with E-state index in [0.717, 1.165) is 26.3 Å². The number of nitrogens with zero attached hydrogens (tertiary/aromatic N) is 1. The number of aromatic nitrogens is 1. The predicted molar refractivity (Wildman–Crippen MR) is 123 cm³/mol. The Morgan fingerprint density at radius 2 is 1.70 bits per heavy atom. The maximum Gasteiger partial charge on any atom is 0.305 e. The number of nitrogens with one attached hydrogen (secondary N) is 1. The Morgan fingerprint density at radius 1 is 0.967 bits per heavy atom. The van der Waals surface area contributed by atoms with Crippen LogP contribution >= 0.6 is 39.0 Å². The van der Waals surface area contributed by atoms with Gasteiger partial charge in [-0.3, -0.25) is 14.4 Å². The van der Waals surface area contributed by atoms with Crippen LogP contribution in [0, 0.1) is 5.92 Å². The van der Waals surface area contributed by atoms with E-state index in [1.54, 1.807) is 12.1 Å². The molecule has 5 rings (SSSR count). The Morgan fingerprint density at radius 3 is 2.43 bits per heavy atom. The van der Waals surface area contributed by atoms with Gasteiger partial charge in [0, 0.05) is 15.3 Å². The van der Waals surface area contributed by atoms with Gasteiger partial charge in [-0.25, -0.2) is 4.90 Å². The summed E-state index contributed by atoms with van der Waals surface area (Å²) in [7, 11) is 0. The lowest BCUT2D eigenvalue weighted by Gasteiger charge is -2.27. The molecule has 0 bridgehead atoms. The van der Waals surface area contributed by atoms with Gasteiger partial charge < -0.3 is 4.98 Å². The molecule has 2 aliphatic rings. The standard InChI is InChI=1S/C22H15BrN2O3S2/c23-13-7-9-14(10-8-13)25-20(26)16-15(11-6-12-4-2-1-3-5-12)17-19(24-22(28)30-17)29-18(16)21(25)27/h1-11,15-16,18H,(H,24,28)/b11-6-/t15-,16-,18-/m1/s1. The van der Waals surface area contributed by atoms with Crippen molar-refractivity contribution in [3.8, 4) is 0 Å². The van der Waals surface area contributed by atoms with E-state index in [9.17, 15) is 14.4 Å². The molecule has 3 aromatic rings. The molecule has 1 saturated heterocycles. The van der Waals surface area contributed by atoms with E-state index in [1.807, 2.05) is 54.6 Å². The number of amides is 2. The molecule has 5 nitrogen and oxygen atoms in total. The summed E-state index contributed by atoms with van der Waals surface area (Å²) in [6.07, 6.45) is 3.90. The van der Waals surface area contributed by atoms with Crippen LogP contribution in [-0.4, -0.2) is 22.0 Å². The molecule has 30 heavy (non-hydrogen) atoms. The fourth-order valence-electron chi connectivity index (χ4n) is 3.89. The summed E-state index contributed by atoms with van der Waals surface area (Å²) in [5.74, 6) is -1.36. The lowest BCUT2D eigenvalue weighted by atomic mass is 9.88. The van der Waals surface area contributed by atoms with Crippen molar-refractivity contribution < 1.29 is 9.59 Å². The molecule has 0 radical (unpaired) electrons. The first-order chi connectivity index (χ1) is 14.5. The van der Waals surface area contributed by atoms with Gasteiger partial charge in [-0.1, -0.05) is 81.5 Å². The molecule has 2 amide bonds. The van der Waals surface area contributed by atoms with Crippen molar-refractivity contribution in [2.24, 2.45) is 5.92 Å². The third kappa shape index (κ3) is 3.29. The third-order valence-corrected chi connectivity index (χ3v) is 8.20. The van der Waals surface area contributed by atoms with Crippen molar-refractivity contribution in [1.29, 1.82) is 0 Å². The Labute approximate surface area is 188 Å². The highest BCUT2D eigenvalue weighted by molar-refractivity contribution is 9.10. The molecule has 150 valence electrons. The first-order valence-electron chi connectivity index (χ1n) is 9.29. The molecular formula is C22H15BrN2O3S2. The summed E-state index contributed by atoms with van der Waals surface area (Å²) in [5, 5.41) is 0.122. The van der Waals surface area contributed by atoms with Crippen molar-refractivity contribution in [2.75, 3.05) is 4.90 Å². The smallest absolute Gasteiger partial charge is 0.305 e. The molecular weight excluding hydrogens is 484 g/mol. The van der Waals surface area contributed by atoms with E-state index >= 15 is 0 Å². The van der Waals surface area contributed by atoms with Crippen LogP contribution in [0.25, 0.3) is 6.08 Å². The van der Waals surface area contributed by atoms with Crippen molar-refractivity contribution in [3.63, 3.8) is 0 Å². The number of fused-ring (bicyclic) bond motifs is 2. The lowest BCUT2D eigenvalue weighted by Crippen LogP contribution is -2.31. The molecule has 0 spiro atoms. The minimum atomic E-state index is -0.565. The van der Waals surface area contributed by atoms with Crippen molar-refractivity contribution >= 4 is 62.6 Å². The minimum Gasteiger partial charge on any atom is -0.307 e. The van der Waals surface area contributed by atoms with Crippen LogP contribution in [0.4, 0.5) is 5.69 Å². The first-order valence-corrected chi connectivity index (χ1v) is 11.8. The largest absolute Gasteiger partial charge is 0.307 e. The average molecular weight is 499 g/mol.